The molecule has 0 aliphatic rings. The van der Waals surface area contributed by atoms with Gasteiger partial charge in [-0.2, -0.15) is 8.42 Å². The number of hydrogen-bond donors (Lipinski definition) is 4. The minimum absolute atomic E-state index is 0.267. The number of unbranched alkanes of at least 4 members (excludes halogenated alkanes) is 20. The highest BCUT2D eigenvalue weighted by molar-refractivity contribution is 7.85. The van der Waals surface area contributed by atoms with E-state index in [1.54, 1.807) is 6.08 Å². The first-order chi connectivity index (χ1) is 20.7. The van der Waals surface area contributed by atoms with E-state index in [0.717, 1.165) is 51.4 Å². The Balaban J connectivity index is 4.16. The van der Waals surface area contributed by atoms with Crippen molar-refractivity contribution in [2.24, 2.45) is 0 Å². The van der Waals surface area contributed by atoms with Gasteiger partial charge in [-0.15, -0.1) is 0 Å². The molecule has 0 rings (SSSR count). The maximum atomic E-state index is 12.5. The zero-order chi connectivity index (χ0) is 32.0. The summed E-state index contributed by atoms with van der Waals surface area (Å²) in [6.07, 6.45) is 32.3. The highest BCUT2D eigenvalue weighted by atomic mass is 32.2. The van der Waals surface area contributed by atoms with Crippen molar-refractivity contribution in [2.45, 2.75) is 186 Å². The van der Waals surface area contributed by atoms with Gasteiger partial charge >= 0.3 is 0 Å². The van der Waals surface area contributed by atoms with Crippen molar-refractivity contribution in [3.05, 3.63) is 24.3 Å². The fourth-order valence-corrected chi connectivity index (χ4v) is 5.95. The van der Waals surface area contributed by atoms with Crippen LogP contribution in [-0.2, 0) is 14.9 Å². The smallest absolute Gasteiger partial charge is 0.267 e. The van der Waals surface area contributed by atoms with E-state index in [1.165, 1.54) is 96.0 Å². The van der Waals surface area contributed by atoms with Crippen LogP contribution in [0.2, 0.25) is 0 Å². The van der Waals surface area contributed by atoms with Gasteiger partial charge < -0.3 is 15.5 Å². The molecular weight excluding hydrogens is 562 g/mol. The summed E-state index contributed by atoms with van der Waals surface area (Å²) < 4.78 is 32.3. The number of nitrogens with one attached hydrogen (secondary N) is 1. The molecule has 254 valence electrons. The molecule has 0 aromatic rings. The van der Waals surface area contributed by atoms with E-state index >= 15 is 0 Å². The molecule has 4 N–H and O–H groups in total. The van der Waals surface area contributed by atoms with Gasteiger partial charge in [0.25, 0.3) is 10.1 Å². The van der Waals surface area contributed by atoms with Gasteiger partial charge in [0.2, 0.25) is 5.91 Å². The van der Waals surface area contributed by atoms with Gasteiger partial charge in [-0.1, -0.05) is 147 Å². The molecular formula is C35H67NO6S. The summed E-state index contributed by atoms with van der Waals surface area (Å²) in [7, 11) is -4.43. The number of allylic oxidation sites excluding steroid dienone is 3. The van der Waals surface area contributed by atoms with E-state index in [9.17, 15) is 28.0 Å². The molecule has 0 fully saturated rings. The molecule has 0 aromatic heterocycles. The second-order valence-corrected chi connectivity index (χ2v) is 13.8. The minimum atomic E-state index is -4.43. The van der Waals surface area contributed by atoms with Gasteiger partial charge in [-0.25, -0.2) is 0 Å². The lowest BCUT2D eigenvalue weighted by atomic mass is 10.1. The van der Waals surface area contributed by atoms with Crippen LogP contribution >= 0.6 is 0 Å². The number of carbonyl (C=O) groups is 1. The molecule has 0 aromatic carbocycles. The molecule has 1 amide bonds. The van der Waals surface area contributed by atoms with Crippen LogP contribution in [0.25, 0.3) is 0 Å². The molecule has 3 unspecified atom stereocenters. The first-order valence-corrected chi connectivity index (χ1v) is 19.3. The summed E-state index contributed by atoms with van der Waals surface area (Å²) in [6, 6.07) is -1.23. The summed E-state index contributed by atoms with van der Waals surface area (Å²) in [6.45, 7) is 4.46. The number of amides is 1. The molecule has 0 saturated heterocycles. The Labute approximate surface area is 265 Å². The number of hydrogen-bond acceptors (Lipinski definition) is 5. The van der Waals surface area contributed by atoms with Gasteiger partial charge in [0.1, 0.15) is 6.10 Å². The zero-order valence-corrected chi connectivity index (χ0v) is 28.5. The van der Waals surface area contributed by atoms with Gasteiger partial charge in [0.15, 0.2) is 0 Å². The standard InChI is InChI=1S/C35H67NO6S/c1-3-5-7-9-11-13-15-16-17-18-20-22-24-26-28-30-34(38)35(39)36-32(31-43(40,41)42)33(37)29-27-25-23-21-19-14-12-10-8-6-4-2/h17-18,27,29,32-34,37-38H,3-16,19-26,28,30-31H2,1-2H3,(H,36,39)(H,40,41,42)/b18-17-,29-27+. The van der Waals surface area contributed by atoms with Crippen LogP contribution in [0, 0.1) is 0 Å². The first kappa shape index (κ1) is 41.8. The van der Waals surface area contributed by atoms with Gasteiger partial charge in [0.05, 0.1) is 17.9 Å². The Morgan fingerprint density at radius 2 is 1.02 bits per heavy atom. The van der Waals surface area contributed by atoms with Crippen LogP contribution in [0.1, 0.15) is 168 Å². The Hall–Kier alpha value is -1.22. The SMILES string of the molecule is CCCCCCCCC/C=C\CCCCCCC(O)C(=O)NC(CS(=O)(=O)O)C(O)/C=C/CCCCCCCCCCC. The molecule has 0 heterocycles. The van der Waals surface area contributed by atoms with Gasteiger partial charge in [-0.05, 0) is 44.9 Å². The quantitative estimate of drug-likeness (QED) is 0.0346. The number of aliphatic hydroxyl groups is 2. The van der Waals surface area contributed by atoms with E-state index in [2.05, 4.69) is 31.3 Å². The number of rotatable bonds is 31. The Morgan fingerprint density at radius 3 is 1.47 bits per heavy atom. The Morgan fingerprint density at radius 1 is 0.628 bits per heavy atom. The highest BCUT2D eigenvalue weighted by Gasteiger charge is 2.27. The van der Waals surface area contributed by atoms with E-state index in [0.29, 0.717) is 6.42 Å². The van der Waals surface area contributed by atoms with Crippen molar-refractivity contribution < 1.29 is 28.0 Å². The van der Waals surface area contributed by atoms with Crippen LogP contribution in [0.3, 0.4) is 0 Å². The first-order valence-electron chi connectivity index (χ1n) is 17.6. The number of carbonyl (C=O) groups excluding carboxylic acids is 1. The van der Waals surface area contributed by atoms with E-state index < -0.39 is 40.0 Å². The molecule has 0 aliphatic heterocycles. The van der Waals surface area contributed by atoms with E-state index in [-0.39, 0.29) is 6.42 Å². The largest absolute Gasteiger partial charge is 0.387 e. The van der Waals surface area contributed by atoms with Crippen molar-refractivity contribution in [2.75, 3.05) is 5.75 Å². The normalized spacial score (nSPS) is 14.4. The van der Waals surface area contributed by atoms with Crippen molar-refractivity contribution in [3.63, 3.8) is 0 Å². The van der Waals surface area contributed by atoms with Crippen molar-refractivity contribution in [1.82, 2.24) is 5.32 Å². The van der Waals surface area contributed by atoms with Crippen molar-refractivity contribution in [1.29, 1.82) is 0 Å². The number of aliphatic hydroxyl groups excluding tert-OH is 2. The fraction of sp³-hybridized carbons (Fsp3) is 0.857. The second-order valence-electron chi connectivity index (χ2n) is 12.3. The molecule has 0 aliphatic carbocycles. The zero-order valence-electron chi connectivity index (χ0n) is 27.7. The third kappa shape index (κ3) is 29.3. The third-order valence-corrected chi connectivity index (χ3v) is 8.76. The molecule has 43 heavy (non-hydrogen) atoms. The predicted molar refractivity (Wildman–Crippen MR) is 181 cm³/mol. The van der Waals surface area contributed by atoms with Gasteiger partial charge in [-0.3, -0.25) is 9.35 Å². The Bertz CT molecular complexity index is 798. The van der Waals surface area contributed by atoms with Crippen LogP contribution in [0.15, 0.2) is 24.3 Å². The molecule has 0 spiro atoms. The lowest BCUT2D eigenvalue weighted by Crippen LogP contribution is -2.50. The lowest BCUT2D eigenvalue weighted by Gasteiger charge is -2.22. The van der Waals surface area contributed by atoms with E-state index in [4.69, 9.17) is 0 Å². The van der Waals surface area contributed by atoms with Crippen LogP contribution < -0.4 is 5.32 Å². The summed E-state index contributed by atoms with van der Waals surface area (Å²) in [5, 5.41) is 23.2. The van der Waals surface area contributed by atoms with E-state index in [1.807, 2.05) is 0 Å². The average molecular weight is 630 g/mol. The molecule has 0 radical (unpaired) electrons. The molecule has 8 heteroatoms. The van der Waals surface area contributed by atoms with Crippen molar-refractivity contribution in [3.8, 4) is 0 Å². The maximum absolute atomic E-state index is 12.5. The maximum Gasteiger partial charge on any atom is 0.267 e. The molecule has 3 atom stereocenters. The summed E-state index contributed by atoms with van der Waals surface area (Å²) in [4.78, 5) is 12.5. The highest BCUT2D eigenvalue weighted by Crippen LogP contribution is 2.13. The average Bonchev–Trinajstić information content (AvgIpc) is 2.96. The summed E-state index contributed by atoms with van der Waals surface area (Å²) in [5.74, 6) is -1.55. The molecule has 7 nitrogen and oxygen atoms in total. The summed E-state index contributed by atoms with van der Waals surface area (Å²) >= 11 is 0. The predicted octanol–water partition coefficient (Wildman–Crippen LogP) is 8.60. The monoisotopic (exact) mass is 629 g/mol. The van der Waals surface area contributed by atoms with Gasteiger partial charge in [0, 0.05) is 0 Å². The summed E-state index contributed by atoms with van der Waals surface area (Å²) in [5.41, 5.74) is 0. The topological polar surface area (TPSA) is 124 Å². The second kappa shape index (κ2) is 29.5. The van der Waals surface area contributed by atoms with Crippen LogP contribution in [0.4, 0.5) is 0 Å². The third-order valence-electron chi connectivity index (χ3n) is 7.98. The lowest BCUT2D eigenvalue weighted by molar-refractivity contribution is -0.130. The Kier molecular flexibility index (Phi) is 28.7. The van der Waals surface area contributed by atoms with Crippen LogP contribution in [0.5, 0.6) is 0 Å². The van der Waals surface area contributed by atoms with Crippen LogP contribution in [-0.4, -0.2) is 53.1 Å². The minimum Gasteiger partial charge on any atom is -0.387 e. The molecule has 0 saturated carbocycles. The van der Waals surface area contributed by atoms with Crippen molar-refractivity contribution >= 4 is 16.0 Å². The molecule has 0 bridgehead atoms. The fourth-order valence-electron chi connectivity index (χ4n) is 5.21.